The third-order valence-corrected chi connectivity index (χ3v) is 5.95. The number of benzene rings is 3. The number of carbonyl (C=O) groups excluding carboxylic acids is 2. The standard InChI is InChI=1S/C26H22N2O4S.BrH/c1-31-21-12-8-18(9-13-21)16-23-25(30)28(20-6-4-3-5-7-20)26(27-23)33-17-24(29)19-10-14-22(32-2)15-11-19;/h3-16H,17H2,1-2H3;1H/p-1/b23-16+;. The first-order chi connectivity index (χ1) is 16.1. The monoisotopic (exact) mass is 537 g/mol. The van der Waals surface area contributed by atoms with Crippen molar-refractivity contribution in [3.63, 3.8) is 0 Å². The molecule has 0 fully saturated rings. The molecule has 3 aromatic rings. The van der Waals surface area contributed by atoms with Crippen molar-refractivity contribution in [3.05, 3.63) is 95.7 Å². The van der Waals surface area contributed by atoms with Gasteiger partial charge in [0.1, 0.15) is 17.2 Å². The number of nitrogens with zero attached hydrogens (tertiary/aromatic N) is 2. The number of hydrogen-bond acceptors (Lipinski definition) is 6. The summed E-state index contributed by atoms with van der Waals surface area (Å²) in [5.74, 6) is 1.28. The van der Waals surface area contributed by atoms with E-state index >= 15 is 0 Å². The second-order valence-electron chi connectivity index (χ2n) is 7.11. The van der Waals surface area contributed by atoms with E-state index < -0.39 is 0 Å². The summed E-state index contributed by atoms with van der Waals surface area (Å²) in [4.78, 5) is 32.1. The van der Waals surface area contributed by atoms with Crippen LogP contribution < -0.4 is 31.4 Å². The van der Waals surface area contributed by atoms with Crippen molar-refractivity contribution in [2.24, 2.45) is 4.99 Å². The molecule has 1 aliphatic rings. The smallest absolute Gasteiger partial charge is 0.283 e. The van der Waals surface area contributed by atoms with Gasteiger partial charge in [-0.05, 0) is 60.2 Å². The Labute approximate surface area is 213 Å². The van der Waals surface area contributed by atoms with Crippen molar-refractivity contribution in [1.82, 2.24) is 0 Å². The third-order valence-electron chi connectivity index (χ3n) is 5.01. The van der Waals surface area contributed by atoms with Gasteiger partial charge in [0.05, 0.1) is 25.7 Å². The summed E-state index contributed by atoms with van der Waals surface area (Å²) >= 11 is 1.24. The van der Waals surface area contributed by atoms with E-state index in [4.69, 9.17) is 9.47 Å². The van der Waals surface area contributed by atoms with Gasteiger partial charge in [0, 0.05) is 5.56 Å². The first-order valence-electron chi connectivity index (χ1n) is 10.2. The van der Waals surface area contributed by atoms with E-state index in [1.807, 2.05) is 54.6 Å². The van der Waals surface area contributed by atoms with Crippen LogP contribution in [-0.2, 0) is 4.79 Å². The summed E-state index contributed by atoms with van der Waals surface area (Å²) in [5.41, 5.74) is 2.41. The number of para-hydroxylation sites is 1. The third kappa shape index (κ3) is 5.76. The maximum Gasteiger partial charge on any atom is 0.283 e. The van der Waals surface area contributed by atoms with Crippen molar-refractivity contribution in [3.8, 4) is 11.5 Å². The van der Waals surface area contributed by atoms with Gasteiger partial charge in [-0.25, -0.2) is 4.99 Å². The average molecular weight is 538 g/mol. The van der Waals surface area contributed by atoms with E-state index in [1.165, 1.54) is 11.8 Å². The van der Waals surface area contributed by atoms with E-state index in [2.05, 4.69) is 4.99 Å². The number of thioether (sulfide) groups is 1. The van der Waals surface area contributed by atoms with Gasteiger partial charge in [0.15, 0.2) is 11.0 Å². The predicted molar refractivity (Wildman–Crippen MR) is 132 cm³/mol. The Hall–Kier alpha value is -3.36. The number of rotatable bonds is 7. The van der Waals surface area contributed by atoms with Gasteiger partial charge in [0.25, 0.3) is 5.91 Å². The molecule has 34 heavy (non-hydrogen) atoms. The van der Waals surface area contributed by atoms with Crippen LogP contribution in [0.1, 0.15) is 15.9 Å². The van der Waals surface area contributed by atoms with E-state index in [9.17, 15) is 9.59 Å². The Morgan fingerprint density at radius 2 is 1.50 bits per heavy atom. The number of ketones is 1. The van der Waals surface area contributed by atoms with Crippen LogP contribution >= 0.6 is 11.8 Å². The highest BCUT2D eigenvalue weighted by molar-refractivity contribution is 8.14. The molecule has 174 valence electrons. The fourth-order valence-electron chi connectivity index (χ4n) is 3.25. The summed E-state index contributed by atoms with van der Waals surface area (Å²) in [7, 11) is 3.18. The molecule has 3 aromatic carbocycles. The number of aliphatic imine (C=N–C) groups is 1. The molecule has 0 saturated carbocycles. The molecule has 8 heteroatoms. The van der Waals surface area contributed by atoms with Gasteiger partial charge < -0.3 is 26.5 Å². The van der Waals surface area contributed by atoms with Crippen molar-refractivity contribution in [1.29, 1.82) is 0 Å². The number of hydrogen-bond donors (Lipinski definition) is 0. The van der Waals surface area contributed by atoms with Crippen LogP contribution in [0.4, 0.5) is 5.69 Å². The lowest BCUT2D eigenvalue weighted by molar-refractivity contribution is -0.113. The molecular weight excluding hydrogens is 516 g/mol. The highest BCUT2D eigenvalue weighted by Crippen LogP contribution is 2.30. The summed E-state index contributed by atoms with van der Waals surface area (Å²) in [6.07, 6.45) is 1.73. The zero-order valence-corrected chi connectivity index (χ0v) is 21.0. The SMILES string of the molecule is COc1ccc(/C=C2/N=C(SCC(=O)c3ccc(OC)cc3)N(c3ccccc3)C2=O)cc1.[Br-]. The summed E-state index contributed by atoms with van der Waals surface area (Å²) in [6.45, 7) is 0. The second-order valence-corrected chi connectivity index (χ2v) is 8.06. The lowest BCUT2D eigenvalue weighted by Crippen LogP contribution is -3.00. The quantitative estimate of drug-likeness (QED) is 0.341. The van der Waals surface area contributed by atoms with Crippen molar-refractivity contribution < 1.29 is 36.0 Å². The van der Waals surface area contributed by atoms with Crippen LogP contribution in [0.2, 0.25) is 0 Å². The topological polar surface area (TPSA) is 68.2 Å². The average Bonchev–Trinajstić information content (AvgIpc) is 3.18. The molecule has 4 rings (SSSR count). The van der Waals surface area contributed by atoms with E-state index in [-0.39, 0.29) is 34.4 Å². The number of anilines is 1. The van der Waals surface area contributed by atoms with Gasteiger partial charge in [-0.1, -0.05) is 42.1 Å². The molecule has 1 aliphatic heterocycles. The van der Waals surface area contributed by atoms with Crippen LogP contribution in [0.3, 0.4) is 0 Å². The zero-order chi connectivity index (χ0) is 23.2. The van der Waals surface area contributed by atoms with Crippen LogP contribution in [0.25, 0.3) is 6.08 Å². The van der Waals surface area contributed by atoms with Crippen LogP contribution in [0.5, 0.6) is 11.5 Å². The van der Waals surface area contributed by atoms with E-state index in [0.717, 1.165) is 11.3 Å². The predicted octanol–water partition coefficient (Wildman–Crippen LogP) is 2.07. The van der Waals surface area contributed by atoms with Gasteiger partial charge in [-0.2, -0.15) is 0 Å². The summed E-state index contributed by atoms with van der Waals surface area (Å²) < 4.78 is 10.3. The minimum atomic E-state index is -0.239. The molecular formula is C26H22BrN2O4S-. The summed E-state index contributed by atoms with van der Waals surface area (Å²) in [5, 5.41) is 0.466. The Morgan fingerprint density at radius 1 is 0.912 bits per heavy atom. The number of amides is 1. The molecule has 0 bridgehead atoms. The molecule has 0 radical (unpaired) electrons. The Kier molecular flexibility index (Phi) is 8.67. The van der Waals surface area contributed by atoms with Gasteiger partial charge in [-0.15, -0.1) is 0 Å². The lowest BCUT2D eigenvalue weighted by Gasteiger charge is -2.17. The molecule has 0 atom stereocenters. The number of ether oxygens (including phenoxy) is 2. The Bertz CT molecular complexity index is 1210. The molecule has 0 spiro atoms. The van der Waals surface area contributed by atoms with Crippen molar-refractivity contribution in [2.75, 3.05) is 24.9 Å². The number of carbonyl (C=O) groups is 2. The van der Waals surface area contributed by atoms with E-state index in [0.29, 0.717) is 27.9 Å². The first kappa shape index (κ1) is 25.3. The van der Waals surface area contributed by atoms with Crippen molar-refractivity contribution >= 4 is 40.4 Å². The number of methoxy groups -OCH3 is 2. The van der Waals surface area contributed by atoms with Gasteiger partial charge in [-0.3, -0.25) is 14.5 Å². The minimum absolute atomic E-state index is 0. The molecule has 0 aliphatic carbocycles. The van der Waals surface area contributed by atoms with E-state index in [1.54, 1.807) is 49.5 Å². The van der Waals surface area contributed by atoms with Crippen LogP contribution in [-0.4, -0.2) is 36.8 Å². The molecule has 0 unspecified atom stereocenters. The minimum Gasteiger partial charge on any atom is -1.00 e. The van der Waals surface area contributed by atoms with Gasteiger partial charge in [0.2, 0.25) is 0 Å². The fourth-order valence-corrected chi connectivity index (χ4v) is 4.15. The van der Waals surface area contributed by atoms with Crippen LogP contribution in [0, 0.1) is 0 Å². The summed E-state index contributed by atoms with van der Waals surface area (Å²) in [6, 6.07) is 23.6. The highest BCUT2D eigenvalue weighted by Gasteiger charge is 2.32. The zero-order valence-electron chi connectivity index (χ0n) is 18.6. The fraction of sp³-hybridized carbons (Fsp3) is 0.115. The molecule has 1 amide bonds. The molecule has 6 nitrogen and oxygen atoms in total. The normalized spacial score (nSPS) is 13.9. The molecule has 0 saturated heterocycles. The highest BCUT2D eigenvalue weighted by atomic mass is 79.9. The number of halogens is 1. The number of amidine groups is 1. The first-order valence-corrected chi connectivity index (χ1v) is 11.2. The molecule has 0 N–H and O–H groups in total. The maximum absolute atomic E-state index is 13.2. The molecule has 0 aromatic heterocycles. The van der Waals surface area contributed by atoms with Crippen LogP contribution in [0.15, 0.2) is 89.6 Å². The second kappa shape index (κ2) is 11.7. The lowest BCUT2D eigenvalue weighted by atomic mass is 10.1. The molecule has 1 heterocycles. The Balaban J connectivity index is 0.00000324. The van der Waals surface area contributed by atoms with Gasteiger partial charge >= 0.3 is 0 Å². The largest absolute Gasteiger partial charge is 1.00 e. The Morgan fingerprint density at radius 3 is 2.09 bits per heavy atom. The number of Topliss-reactive ketones (excluding diaryl/α,β-unsaturated/α-hetero) is 1. The maximum atomic E-state index is 13.2. The van der Waals surface area contributed by atoms with Crippen molar-refractivity contribution in [2.45, 2.75) is 0 Å².